The summed E-state index contributed by atoms with van der Waals surface area (Å²) in [5.74, 6) is 0. The Labute approximate surface area is 89.8 Å². The van der Waals surface area contributed by atoms with Crippen LogP contribution in [0.15, 0.2) is 30.4 Å². The second-order valence-corrected chi connectivity index (χ2v) is 3.41. The van der Waals surface area contributed by atoms with E-state index in [2.05, 4.69) is 24.4 Å². The molecule has 0 saturated heterocycles. The first kappa shape index (κ1) is 10.9. The molecule has 0 aliphatic carbocycles. The van der Waals surface area contributed by atoms with Crippen molar-refractivity contribution in [3.05, 3.63) is 35.4 Å². The third-order valence-corrected chi connectivity index (χ3v) is 2.12. The van der Waals surface area contributed by atoms with Crippen LogP contribution in [-0.4, -0.2) is 6.54 Å². The SMILES string of the molecule is CC/C=C/CNc1ccc(N)cc1Cl. The number of halogens is 1. The zero-order chi connectivity index (χ0) is 10.4. The highest BCUT2D eigenvalue weighted by atomic mass is 35.5. The average Bonchev–Trinajstić information content (AvgIpc) is 2.15. The topological polar surface area (TPSA) is 38.0 Å². The predicted molar refractivity (Wildman–Crippen MR) is 63.8 cm³/mol. The molecule has 2 nitrogen and oxygen atoms in total. The zero-order valence-electron chi connectivity index (χ0n) is 8.26. The van der Waals surface area contributed by atoms with Crippen LogP contribution in [0, 0.1) is 0 Å². The molecule has 14 heavy (non-hydrogen) atoms. The van der Waals surface area contributed by atoms with Gasteiger partial charge in [-0.25, -0.2) is 0 Å². The van der Waals surface area contributed by atoms with Crippen LogP contribution in [0.5, 0.6) is 0 Å². The van der Waals surface area contributed by atoms with Gasteiger partial charge in [0.25, 0.3) is 0 Å². The van der Waals surface area contributed by atoms with Gasteiger partial charge in [-0.05, 0) is 24.6 Å². The first-order valence-electron chi connectivity index (χ1n) is 4.68. The van der Waals surface area contributed by atoms with E-state index in [0.29, 0.717) is 10.7 Å². The number of hydrogen-bond donors (Lipinski definition) is 2. The summed E-state index contributed by atoms with van der Waals surface area (Å²) in [7, 11) is 0. The number of allylic oxidation sites excluding steroid dienone is 1. The number of anilines is 2. The van der Waals surface area contributed by atoms with Gasteiger partial charge in [-0.15, -0.1) is 0 Å². The Bertz CT molecular complexity index is 321. The van der Waals surface area contributed by atoms with Crippen molar-refractivity contribution in [2.75, 3.05) is 17.6 Å². The fraction of sp³-hybridized carbons (Fsp3) is 0.273. The van der Waals surface area contributed by atoms with E-state index in [9.17, 15) is 0 Å². The third-order valence-electron chi connectivity index (χ3n) is 1.81. The van der Waals surface area contributed by atoms with Crippen molar-refractivity contribution in [2.45, 2.75) is 13.3 Å². The lowest BCUT2D eigenvalue weighted by Crippen LogP contribution is -1.99. The maximum absolute atomic E-state index is 5.98. The van der Waals surface area contributed by atoms with Gasteiger partial charge in [0, 0.05) is 12.2 Å². The van der Waals surface area contributed by atoms with Crippen molar-refractivity contribution < 1.29 is 0 Å². The minimum atomic E-state index is 0.662. The molecule has 0 bridgehead atoms. The lowest BCUT2D eigenvalue weighted by molar-refractivity contribution is 1.20. The molecule has 3 N–H and O–H groups in total. The quantitative estimate of drug-likeness (QED) is 0.591. The molecule has 1 aromatic rings. The van der Waals surface area contributed by atoms with Crippen molar-refractivity contribution in [3.63, 3.8) is 0 Å². The molecule has 0 radical (unpaired) electrons. The van der Waals surface area contributed by atoms with Gasteiger partial charge in [0.1, 0.15) is 0 Å². The molecule has 76 valence electrons. The summed E-state index contributed by atoms with van der Waals surface area (Å²) in [6, 6.07) is 5.46. The fourth-order valence-corrected chi connectivity index (χ4v) is 1.35. The first-order valence-corrected chi connectivity index (χ1v) is 5.05. The summed E-state index contributed by atoms with van der Waals surface area (Å²) in [5.41, 5.74) is 7.18. The van der Waals surface area contributed by atoms with Crippen LogP contribution in [0.3, 0.4) is 0 Å². The molecule has 0 amide bonds. The third kappa shape index (κ3) is 3.30. The highest BCUT2D eigenvalue weighted by Crippen LogP contribution is 2.23. The molecular weight excluding hydrogens is 196 g/mol. The maximum atomic E-state index is 5.98. The van der Waals surface area contributed by atoms with E-state index in [1.807, 2.05) is 12.1 Å². The van der Waals surface area contributed by atoms with Gasteiger partial charge in [-0.1, -0.05) is 30.7 Å². The molecule has 0 fully saturated rings. The molecule has 0 aromatic heterocycles. The molecule has 0 atom stereocenters. The Balaban J connectivity index is 2.55. The Morgan fingerprint density at radius 2 is 2.21 bits per heavy atom. The van der Waals surface area contributed by atoms with Crippen molar-refractivity contribution in [1.82, 2.24) is 0 Å². The Kier molecular flexibility index (Phi) is 4.33. The molecule has 0 unspecified atom stereocenters. The lowest BCUT2D eigenvalue weighted by Gasteiger charge is -2.06. The van der Waals surface area contributed by atoms with Gasteiger partial charge in [0.15, 0.2) is 0 Å². The summed E-state index contributed by atoms with van der Waals surface area (Å²) < 4.78 is 0. The monoisotopic (exact) mass is 210 g/mol. The highest BCUT2D eigenvalue weighted by Gasteiger charge is 1.97. The number of hydrogen-bond acceptors (Lipinski definition) is 2. The van der Waals surface area contributed by atoms with E-state index < -0.39 is 0 Å². The number of nitrogens with one attached hydrogen (secondary N) is 1. The normalized spacial score (nSPS) is 10.7. The number of nitrogens with two attached hydrogens (primary N) is 1. The standard InChI is InChI=1S/C11H15ClN2/c1-2-3-4-7-14-11-6-5-9(13)8-10(11)12/h3-6,8,14H,2,7,13H2,1H3/b4-3+. The van der Waals surface area contributed by atoms with Crippen LogP contribution >= 0.6 is 11.6 Å². The van der Waals surface area contributed by atoms with Crippen LogP contribution in [0.2, 0.25) is 5.02 Å². The van der Waals surface area contributed by atoms with Crippen LogP contribution < -0.4 is 11.1 Å². The van der Waals surface area contributed by atoms with Gasteiger partial charge in [0.05, 0.1) is 10.7 Å². The molecule has 3 heteroatoms. The van der Waals surface area contributed by atoms with Gasteiger partial charge in [-0.2, -0.15) is 0 Å². The van der Waals surface area contributed by atoms with Crippen LogP contribution in [0.4, 0.5) is 11.4 Å². The van der Waals surface area contributed by atoms with Gasteiger partial charge < -0.3 is 11.1 Å². The first-order chi connectivity index (χ1) is 6.74. The van der Waals surface area contributed by atoms with E-state index in [-0.39, 0.29) is 0 Å². The van der Waals surface area contributed by atoms with E-state index in [1.54, 1.807) is 6.07 Å². The van der Waals surface area contributed by atoms with Crippen LogP contribution in [0.25, 0.3) is 0 Å². The number of nitrogen functional groups attached to an aromatic ring is 1. The molecular formula is C11H15ClN2. The molecule has 1 rings (SSSR count). The summed E-state index contributed by atoms with van der Waals surface area (Å²) in [6.45, 7) is 2.89. The minimum Gasteiger partial charge on any atom is -0.399 e. The highest BCUT2D eigenvalue weighted by molar-refractivity contribution is 6.33. The van der Waals surface area contributed by atoms with Gasteiger partial charge >= 0.3 is 0 Å². The van der Waals surface area contributed by atoms with Gasteiger partial charge in [-0.3, -0.25) is 0 Å². The Morgan fingerprint density at radius 3 is 2.86 bits per heavy atom. The number of rotatable bonds is 4. The molecule has 0 aliphatic heterocycles. The number of benzene rings is 1. The predicted octanol–water partition coefficient (Wildman–Crippen LogP) is 3.30. The zero-order valence-corrected chi connectivity index (χ0v) is 9.01. The minimum absolute atomic E-state index is 0.662. The Hall–Kier alpha value is -1.15. The average molecular weight is 211 g/mol. The molecule has 0 spiro atoms. The Morgan fingerprint density at radius 1 is 1.43 bits per heavy atom. The van der Waals surface area contributed by atoms with Crippen LogP contribution in [0.1, 0.15) is 13.3 Å². The maximum Gasteiger partial charge on any atom is 0.0658 e. The van der Waals surface area contributed by atoms with Crippen molar-refractivity contribution >= 4 is 23.0 Å². The van der Waals surface area contributed by atoms with E-state index in [4.69, 9.17) is 17.3 Å². The van der Waals surface area contributed by atoms with E-state index in [1.165, 1.54) is 0 Å². The van der Waals surface area contributed by atoms with E-state index >= 15 is 0 Å². The summed E-state index contributed by atoms with van der Waals surface area (Å²) in [4.78, 5) is 0. The second-order valence-electron chi connectivity index (χ2n) is 3.00. The fourth-order valence-electron chi connectivity index (χ4n) is 1.09. The van der Waals surface area contributed by atoms with E-state index in [0.717, 1.165) is 18.7 Å². The van der Waals surface area contributed by atoms with Crippen molar-refractivity contribution in [2.24, 2.45) is 0 Å². The van der Waals surface area contributed by atoms with Gasteiger partial charge in [0.2, 0.25) is 0 Å². The van der Waals surface area contributed by atoms with Crippen molar-refractivity contribution in [3.8, 4) is 0 Å². The molecule has 1 aromatic carbocycles. The van der Waals surface area contributed by atoms with Crippen molar-refractivity contribution in [1.29, 1.82) is 0 Å². The smallest absolute Gasteiger partial charge is 0.0658 e. The van der Waals surface area contributed by atoms with Crippen LogP contribution in [-0.2, 0) is 0 Å². The summed E-state index contributed by atoms with van der Waals surface area (Å²) in [5, 5.41) is 3.86. The summed E-state index contributed by atoms with van der Waals surface area (Å²) in [6.07, 6.45) is 5.24. The molecule has 0 heterocycles. The lowest BCUT2D eigenvalue weighted by atomic mass is 10.3. The summed E-state index contributed by atoms with van der Waals surface area (Å²) >= 11 is 5.98. The molecule has 0 saturated carbocycles. The molecule has 0 aliphatic rings. The largest absolute Gasteiger partial charge is 0.399 e. The second kappa shape index (κ2) is 5.55.